The summed E-state index contributed by atoms with van der Waals surface area (Å²) in [6.45, 7) is 3.60. The average Bonchev–Trinajstić information content (AvgIpc) is 3.50. The molecule has 1 aliphatic rings. The van der Waals surface area contributed by atoms with Gasteiger partial charge in [0, 0.05) is 41.0 Å². The molecular weight excluding hydrogens is 572 g/mol. The molecule has 5 aromatic rings. The van der Waals surface area contributed by atoms with E-state index in [1.165, 1.54) is 18.7 Å². The number of rotatable bonds is 9. The second kappa shape index (κ2) is 13.6. The smallest absolute Gasteiger partial charge is 0.256 e. The summed E-state index contributed by atoms with van der Waals surface area (Å²) in [5.41, 5.74) is 6.19. The summed E-state index contributed by atoms with van der Waals surface area (Å²) in [5, 5.41) is 12.9. The van der Waals surface area contributed by atoms with E-state index in [0.29, 0.717) is 16.7 Å². The molecule has 44 heavy (non-hydrogen) atoms. The number of amides is 1. The Labute approximate surface area is 261 Å². The zero-order chi connectivity index (χ0) is 30.5. The van der Waals surface area contributed by atoms with Gasteiger partial charge in [-0.25, -0.2) is 4.98 Å². The number of nitrogens with one attached hydrogen (secondary N) is 1. The molecule has 8 heteroatoms. The van der Waals surface area contributed by atoms with E-state index >= 15 is 0 Å². The van der Waals surface area contributed by atoms with E-state index in [0.717, 1.165) is 39.3 Å². The first-order valence-corrected chi connectivity index (χ1v) is 15.6. The van der Waals surface area contributed by atoms with Crippen molar-refractivity contribution in [3.05, 3.63) is 126 Å². The van der Waals surface area contributed by atoms with E-state index in [4.69, 9.17) is 18.9 Å². The molecule has 1 aliphatic heterocycles. The Bertz CT molecular complexity index is 1620. The first-order valence-electron chi connectivity index (χ1n) is 14.6. The van der Waals surface area contributed by atoms with Gasteiger partial charge in [-0.3, -0.25) is 4.79 Å². The summed E-state index contributed by atoms with van der Waals surface area (Å²) in [5.74, 6) is 1.21. The van der Waals surface area contributed by atoms with Crippen LogP contribution < -0.4 is 5.32 Å². The van der Waals surface area contributed by atoms with Gasteiger partial charge in [0.2, 0.25) is 5.91 Å². The number of carbonyl (C=O) groups excluding carboxylic acids is 1. The van der Waals surface area contributed by atoms with E-state index in [1.54, 1.807) is 0 Å². The van der Waals surface area contributed by atoms with Gasteiger partial charge in [-0.2, -0.15) is 0 Å². The van der Waals surface area contributed by atoms with Gasteiger partial charge >= 0.3 is 0 Å². The number of nitrogens with zero attached hydrogens (tertiary/aromatic N) is 1. The maximum Gasteiger partial charge on any atom is 0.256 e. The minimum Gasteiger partial charge on any atom is -0.431 e. The second-order valence-corrected chi connectivity index (χ2v) is 11.8. The third kappa shape index (κ3) is 6.79. The molecule has 0 saturated carbocycles. The maximum atomic E-state index is 11.5. The van der Waals surface area contributed by atoms with E-state index < -0.39 is 6.29 Å². The molecule has 7 nitrogen and oxygen atoms in total. The summed E-state index contributed by atoms with van der Waals surface area (Å²) >= 11 is 1.53. The van der Waals surface area contributed by atoms with Gasteiger partial charge < -0.3 is 24.3 Å². The van der Waals surface area contributed by atoms with Crippen molar-refractivity contribution in [3.63, 3.8) is 0 Å². The molecule has 0 spiro atoms. The molecule has 0 bridgehead atoms. The third-order valence-electron chi connectivity index (χ3n) is 7.69. The molecule has 1 amide bonds. The Morgan fingerprint density at radius 3 is 2.11 bits per heavy atom. The van der Waals surface area contributed by atoms with Crippen LogP contribution >= 0.6 is 11.8 Å². The maximum absolute atomic E-state index is 11.5. The highest BCUT2D eigenvalue weighted by atomic mass is 32.2. The zero-order valence-electron chi connectivity index (χ0n) is 24.6. The highest BCUT2D eigenvalue weighted by Crippen LogP contribution is 2.44. The van der Waals surface area contributed by atoms with Crippen molar-refractivity contribution < 1.29 is 23.8 Å². The van der Waals surface area contributed by atoms with Crippen molar-refractivity contribution in [3.8, 4) is 22.6 Å². The molecule has 4 aromatic carbocycles. The zero-order valence-corrected chi connectivity index (χ0v) is 25.4. The van der Waals surface area contributed by atoms with Gasteiger partial charge in [0.25, 0.3) is 5.22 Å². The Kier molecular flexibility index (Phi) is 9.23. The van der Waals surface area contributed by atoms with Gasteiger partial charge in [-0.15, -0.1) is 0 Å². The SMILES string of the molecule is CC(=O)Nc1ccc([C@H]2O[C@@H](CSc3nc(-c4ccccc4)c(-c4ccccc4)o3)[C@@H](C)[C@@H](c3ccc(CO)cc3)O2)cc1. The van der Waals surface area contributed by atoms with E-state index in [9.17, 15) is 9.90 Å². The third-order valence-corrected chi connectivity index (χ3v) is 8.61. The number of aliphatic hydroxyl groups is 1. The van der Waals surface area contributed by atoms with E-state index in [-0.39, 0.29) is 30.6 Å². The van der Waals surface area contributed by atoms with Crippen LogP contribution in [0.5, 0.6) is 0 Å². The summed E-state index contributed by atoms with van der Waals surface area (Å²) in [7, 11) is 0. The van der Waals surface area contributed by atoms with Crippen LogP contribution in [0.15, 0.2) is 119 Å². The number of anilines is 1. The van der Waals surface area contributed by atoms with Gasteiger partial charge in [0.1, 0.15) is 5.69 Å². The molecule has 4 atom stereocenters. The van der Waals surface area contributed by atoms with Crippen molar-refractivity contribution in [1.29, 1.82) is 0 Å². The van der Waals surface area contributed by atoms with Gasteiger partial charge in [0.15, 0.2) is 12.1 Å². The lowest BCUT2D eigenvalue weighted by molar-refractivity contribution is -0.268. The summed E-state index contributed by atoms with van der Waals surface area (Å²) in [4.78, 5) is 16.4. The Balaban J connectivity index is 1.27. The number of oxazole rings is 1. The van der Waals surface area contributed by atoms with Crippen LogP contribution in [0.25, 0.3) is 22.6 Å². The van der Waals surface area contributed by atoms with Gasteiger partial charge in [0.05, 0.1) is 18.8 Å². The molecule has 2 heterocycles. The fourth-order valence-electron chi connectivity index (χ4n) is 5.33. The number of thioether (sulfide) groups is 1. The van der Waals surface area contributed by atoms with Crippen LogP contribution in [-0.2, 0) is 20.9 Å². The molecule has 2 N–H and O–H groups in total. The summed E-state index contributed by atoms with van der Waals surface area (Å²) < 4.78 is 19.5. The minimum atomic E-state index is -0.616. The lowest BCUT2D eigenvalue weighted by atomic mass is 9.91. The predicted molar refractivity (Wildman–Crippen MR) is 172 cm³/mol. The highest BCUT2D eigenvalue weighted by molar-refractivity contribution is 7.99. The number of benzene rings is 4. The fourth-order valence-corrected chi connectivity index (χ4v) is 6.32. The lowest BCUT2D eigenvalue weighted by Crippen LogP contribution is -2.38. The number of hydrogen-bond donors (Lipinski definition) is 2. The molecule has 224 valence electrons. The lowest BCUT2D eigenvalue weighted by Gasteiger charge is -2.41. The summed E-state index contributed by atoms with van der Waals surface area (Å²) in [6, 6.07) is 35.5. The molecule has 1 saturated heterocycles. The summed E-state index contributed by atoms with van der Waals surface area (Å²) in [6.07, 6.45) is -1.05. The molecular formula is C36H34N2O5S. The van der Waals surface area contributed by atoms with Crippen molar-refractivity contribution in [1.82, 2.24) is 4.98 Å². The monoisotopic (exact) mass is 606 g/mol. The van der Waals surface area contributed by atoms with Crippen molar-refractivity contribution in [2.24, 2.45) is 5.92 Å². The number of aliphatic hydroxyl groups excluding tert-OH is 1. The quantitative estimate of drug-likeness (QED) is 0.164. The van der Waals surface area contributed by atoms with Crippen molar-refractivity contribution in [2.75, 3.05) is 11.1 Å². The highest BCUT2D eigenvalue weighted by Gasteiger charge is 2.38. The van der Waals surface area contributed by atoms with Crippen molar-refractivity contribution in [2.45, 2.75) is 44.2 Å². The average molecular weight is 607 g/mol. The normalized spacial score (nSPS) is 19.9. The minimum absolute atomic E-state index is 0.00882. The van der Waals surface area contributed by atoms with Gasteiger partial charge in [-0.05, 0) is 23.3 Å². The Morgan fingerprint density at radius 1 is 0.841 bits per heavy atom. The topological polar surface area (TPSA) is 93.8 Å². The van der Waals surface area contributed by atoms with Crippen LogP contribution in [0.2, 0.25) is 0 Å². The molecule has 0 unspecified atom stereocenters. The largest absolute Gasteiger partial charge is 0.431 e. The van der Waals surface area contributed by atoms with Crippen molar-refractivity contribution >= 4 is 23.4 Å². The van der Waals surface area contributed by atoms with Crippen LogP contribution in [0, 0.1) is 5.92 Å². The predicted octanol–water partition coefficient (Wildman–Crippen LogP) is 8.04. The van der Waals surface area contributed by atoms with E-state index in [1.807, 2.05) is 109 Å². The van der Waals surface area contributed by atoms with Gasteiger partial charge in [-0.1, -0.05) is 116 Å². The standard InChI is InChI=1S/C36H34N2O5S/c1-23-31(22-44-36-38-32(26-9-5-3-6-10-26)34(43-36)27-11-7-4-8-12-27)41-35(29-17-19-30(20-18-29)37-24(2)40)42-33(23)28-15-13-25(21-39)14-16-28/h3-20,23,31,33,35,39H,21-22H2,1-2H3,(H,37,40)/t23-,31+,33+,35+/m1/s1. The molecule has 1 fully saturated rings. The molecule has 0 radical (unpaired) electrons. The number of carbonyl (C=O) groups is 1. The second-order valence-electron chi connectivity index (χ2n) is 10.8. The van der Waals surface area contributed by atoms with E-state index in [2.05, 4.69) is 12.2 Å². The first-order chi connectivity index (χ1) is 21.5. The van der Waals surface area contributed by atoms with Crippen LogP contribution in [0.1, 0.15) is 42.9 Å². The van der Waals surface area contributed by atoms with Crippen LogP contribution in [-0.4, -0.2) is 27.9 Å². The molecule has 6 rings (SSSR count). The first kappa shape index (κ1) is 29.8. The molecule has 0 aliphatic carbocycles. The Hall–Kier alpha value is -4.21. The number of aromatic nitrogens is 1. The fraction of sp³-hybridized carbons (Fsp3) is 0.222. The Morgan fingerprint density at radius 2 is 1.48 bits per heavy atom. The number of hydrogen-bond acceptors (Lipinski definition) is 7. The van der Waals surface area contributed by atoms with Crippen LogP contribution in [0.4, 0.5) is 5.69 Å². The number of ether oxygens (including phenoxy) is 2. The van der Waals surface area contributed by atoms with Crippen LogP contribution in [0.3, 0.4) is 0 Å². The molecule has 1 aromatic heterocycles.